The van der Waals surface area contributed by atoms with Gasteiger partial charge in [0.05, 0.1) is 0 Å². The van der Waals surface area contributed by atoms with E-state index < -0.39 is 0 Å². The first kappa shape index (κ1) is 11.6. The molecule has 0 spiro atoms. The Morgan fingerprint density at radius 2 is 2.06 bits per heavy atom. The predicted molar refractivity (Wildman–Crippen MR) is 65.1 cm³/mol. The fourth-order valence-electron chi connectivity index (χ4n) is 2.33. The number of piperidine rings is 1. The standard InChI is InChI=1S/C14H20FN/c1-11-2-3-13(10-14(11)15)5-4-12-6-8-16-9-7-12/h2-3,10,12,16H,4-9H2,1H3. The summed E-state index contributed by atoms with van der Waals surface area (Å²) in [4.78, 5) is 0. The van der Waals surface area contributed by atoms with Crippen LogP contribution in [-0.4, -0.2) is 13.1 Å². The van der Waals surface area contributed by atoms with Crippen LogP contribution < -0.4 is 5.32 Å². The fraction of sp³-hybridized carbons (Fsp3) is 0.571. The van der Waals surface area contributed by atoms with Crippen LogP contribution >= 0.6 is 0 Å². The maximum Gasteiger partial charge on any atom is 0.126 e. The monoisotopic (exact) mass is 221 g/mol. The lowest BCUT2D eigenvalue weighted by Crippen LogP contribution is -2.27. The Bertz CT molecular complexity index is 343. The third-order valence-electron chi connectivity index (χ3n) is 3.54. The van der Waals surface area contributed by atoms with E-state index >= 15 is 0 Å². The van der Waals surface area contributed by atoms with Crippen LogP contribution in [0.5, 0.6) is 0 Å². The Balaban J connectivity index is 1.86. The molecule has 1 saturated heterocycles. The maximum absolute atomic E-state index is 13.3. The lowest BCUT2D eigenvalue weighted by molar-refractivity contribution is 0.354. The predicted octanol–water partition coefficient (Wildman–Crippen LogP) is 3.07. The van der Waals surface area contributed by atoms with Crippen LogP contribution in [0.1, 0.15) is 30.4 Å². The molecule has 0 radical (unpaired) electrons. The molecule has 1 heterocycles. The van der Waals surface area contributed by atoms with Crippen molar-refractivity contribution in [3.05, 3.63) is 35.1 Å². The van der Waals surface area contributed by atoms with Gasteiger partial charge < -0.3 is 5.32 Å². The number of hydrogen-bond donors (Lipinski definition) is 1. The Labute approximate surface area is 97.1 Å². The average molecular weight is 221 g/mol. The van der Waals surface area contributed by atoms with Crippen LogP contribution in [0.4, 0.5) is 4.39 Å². The van der Waals surface area contributed by atoms with Crippen molar-refractivity contribution in [1.29, 1.82) is 0 Å². The highest BCUT2D eigenvalue weighted by atomic mass is 19.1. The van der Waals surface area contributed by atoms with E-state index in [0.717, 1.165) is 36.6 Å². The lowest BCUT2D eigenvalue weighted by atomic mass is 9.91. The third-order valence-corrected chi connectivity index (χ3v) is 3.54. The smallest absolute Gasteiger partial charge is 0.126 e. The van der Waals surface area contributed by atoms with Gasteiger partial charge in [0.25, 0.3) is 0 Å². The number of hydrogen-bond acceptors (Lipinski definition) is 1. The molecule has 1 fully saturated rings. The normalized spacial score (nSPS) is 17.6. The Hall–Kier alpha value is -0.890. The topological polar surface area (TPSA) is 12.0 Å². The zero-order valence-electron chi connectivity index (χ0n) is 9.93. The summed E-state index contributed by atoms with van der Waals surface area (Å²) in [6.45, 7) is 4.10. The third kappa shape index (κ3) is 3.05. The van der Waals surface area contributed by atoms with Gasteiger partial charge in [-0.05, 0) is 68.8 Å². The molecule has 16 heavy (non-hydrogen) atoms. The molecule has 2 heteroatoms. The van der Waals surface area contributed by atoms with Gasteiger partial charge in [0.1, 0.15) is 5.82 Å². The first-order valence-corrected chi connectivity index (χ1v) is 6.21. The average Bonchev–Trinajstić information content (AvgIpc) is 2.32. The highest BCUT2D eigenvalue weighted by Gasteiger charge is 2.12. The molecule has 0 aliphatic carbocycles. The molecule has 1 aliphatic rings. The van der Waals surface area contributed by atoms with E-state index in [0.29, 0.717) is 0 Å². The molecular weight excluding hydrogens is 201 g/mol. The molecule has 1 aliphatic heterocycles. The summed E-state index contributed by atoms with van der Waals surface area (Å²) in [6, 6.07) is 5.63. The van der Waals surface area contributed by atoms with Crippen molar-refractivity contribution in [3.8, 4) is 0 Å². The van der Waals surface area contributed by atoms with E-state index in [2.05, 4.69) is 11.4 Å². The number of nitrogens with one attached hydrogen (secondary N) is 1. The summed E-state index contributed by atoms with van der Waals surface area (Å²) in [5.74, 6) is 0.758. The molecule has 0 aromatic heterocycles. The minimum absolute atomic E-state index is 0.0668. The summed E-state index contributed by atoms with van der Waals surface area (Å²) in [7, 11) is 0. The second-order valence-corrected chi connectivity index (χ2v) is 4.82. The van der Waals surface area contributed by atoms with E-state index in [-0.39, 0.29) is 5.82 Å². The Morgan fingerprint density at radius 1 is 1.31 bits per heavy atom. The van der Waals surface area contributed by atoms with Gasteiger partial charge in [-0.2, -0.15) is 0 Å². The van der Waals surface area contributed by atoms with E-state index in [4.69, 9.17) is 0 Å². The van der Waals surface area contributed by atoms with E-state index in [1.54, 1.807) is 6.07 Å². The summed E-state index contributed by atoms with van der Waals surface area (Å²) < 4.78 is 13.3. The molecule has 0 bridgehead atoms. The first-order chi connectivity index (χ1) is 7.75. The van der Waals surface area contributed by atoms with Crippen molar-refractivity contribution in [2.75, 3.05) is 13.1 Å². The second-order valence-electron chi connectivity index (χ2n) is 4.82. The maximum atomic E-state index is 13.3. The zero-order chi connectivity index (χ0) is 11.4. The van der Waals surface area contributed by atoms with Crippen LogP contribution in [0.15, 0.2) is 18.2 Å². The van der Waals surface area contributed by atoms with Crippen molar-refractivity contribution in [2.24, 2.45) is 5.92 Å². The molecular formula is C14H20FN. The molecule has 1 aromatic carbocycles. The molecule has 88 valence electrons. The van der Waals surface area contributed by atoms with Gasteiger partial charge in [0, 0.05) is 0 Å². The first-order valence-electron chi connectivity index (χ1n) is 6.21. The van der Waals surface area contributed by atoms with E-state index in [1.807, 2.05) is 13.0 Å². The summed E-state index contributed by atoms with van der Waals surface area (Å²) in [5, 5.41) is 3.37. The minimum Gasteiger partial charge on any atom is -0.317 e. The Kier molecular flexibility index (Phi) is 3.94. The Morgan fingerprint density at radius 3 is 2.75 bits per heavy atom. The van der Waals surface area contributed by atoms with Crippen molar-refractivity contribution < 1.29 is 4.39 Å². The van der Waals surface area contributed by atoms with Crippen LogP contribution in [0.25, 0.3) is 0 Å². The van der Waals surface area contributed by atoms with Gasteiger partial charge in [-0.15, -0.1) is 0 Å². The summed E-state index contributed by atoms with van der Waals surface area (Å²) in [6.07, 6.45) is 4.76. The lowest BCUT2D eigenvalue weighted by Gasteiger charge is -2.22. The fourth-order valence-corrected chi connectivity index (χ4v) is 2.33. The highest BCUT2D eigenvalue weighted by molar-refractivity contribution is 5.23. The van der Waals surface area contributed by atoms with Gasteiger partial charge in [0.2, 0.25) is 0 Å². The molecule has 1 nitrogen and oxygen atoms in total. The largest absolute Gasteiger partial charge is 0.317 e. The second kappa shape index (κ2) is 5.44. The molecule has 1 N–H and O–H groups in total. The molecule has 0 amide bonds. The molecule has 2 rings (SSSR count). The summed E-state index contributed by atoms with van der Waals surface area (Å²) in [5.41, 5.74) is 1.88. The number of aryl methyl sites for hydroxylation is 2. The molecule has 0 atom stereocenters. The van der Waals surface area contributed by atoms with Crippen molar-refractivity contribution >= 4 is 0 Å². The van der Waals surface area contributed by atoms with Gasteiger partial charge in [-0.25, -0.2) is 4.39 Å². The zero-order valence-corrected chi connectivity index (χ0v) is 9.93. The van der Waals surface area contributed by atoms with Crippen molar-refractivity contribution in [2.45, 2.75) is 32.6 Å². The SMILES string of the molecule is Cc1ccc(CCC2CCNCC2)cc1F. The highest BCUT2D eigenvalue weighted by Crippen LogP contribution is 2.19. The van der Waals surface area contributed by atoms with Gasteiger partial charge in [-0.3, -0.25) is 0 Å². The van der Waals surface area contributed by atoms with Gasteiger partial charge >= 0.3 is 0 Å². The number of rotatable bonds is 3. The van der Waals surface area contributed by atoms with Gasteiger partial charge in [-0.1, -0.05) is 12.1 Å². The number of benzene rings is 1. The molecule has 0 saturated carbocycles. The van der Waals surface area contributed by atoms with Crippen LogP contribution in [0.3, 0.4) is 0 Å². The quantitative estimate of drug-likeness (QED) is 0.827. The van der Waals surface area contributed by atoms with Crippen LogP contribution in [0, 0.1) is 18.7 Å². The van der Waals surface area contributed by atoms with Crippen LogP contribution in [-0.2, 0) is 6.42 Å². The minimum atomic E-state index is -0.0668. The number of halogens is 1. The van der Waals surface area contributed by atoms with Crippen molar-refractivity contribution in [3.63, 3.8) is 0 Å². The van der Waals surface area contributed by atoms with Crippen LogP contribution in [0.2, 0.25) is 0 Å². The van der Waals surface area contributed by atoms with E-state index in [9.17, 15) is 4.39 Å². The van der Waals surface area contributed by atoms with Gasteiger partial charge in [0.15, 0.2) is 0 Å². The van der Waals surface area contributed by atoms with Crippen molar-refractivity contribution in [1.82, 2.24) is 5.32 Å². The van der Waals surface area contributed by atoms with E-state index in [1.165, 1.54) is 19.3 Å². The molecule has 1 aromatic rings. The summed E-state index contributed by atoms with van der Waals surface area (Å²) >= 11 is 0. The molecule has 0 unspecified atom stereocenters.